The maximum Gasteiger partial charge on any atom is 0.319 e. The fourth-order valence-corrected chi connectivity index (χ4v) is 7.92. The Morgan fingerprint density at radius 2 is 1.96 bits per heavy atom. The van der Waals surface area contributed by atoms with Crippen molar-refractivity contribution >= 4 is 27.5 Å². The maximum atomic E-state index is 16.9. The van der Waals surface area contributed by atoms with Crippen LogP contribution in [0.3, 0.4) is 0 Å². The molecular weight excluding hydrogens is 590 g/mol. The molecule has 1 N–H and O–H groups in total. The molecule has 1 aliphatic carbocycles. The van der Waals surface area contributed by atoms with Gasteiger partial charge in [0.2, 0.25) is 0 Å². The summed E-state index contributed by atoms with van der Waals surface area (Å²) in [6.07, 6.45) is 11.0. The van der Waals surface area contributed by atoms with Crippen LogP contribution < -0.4 is 9.64 Å². The fourth-order valence-electron chi connectivity index (χ4n) is 7.92. The van der Waals surface area contributed by atoms with Crippen LogP contribution in [0.4, 0.5) is 14.6 Å². The summed E-state index contributed by atoms with van der Waals surface area (Å²) in [5, 5.41) is 11.9. The van der Waals surface area contributed by atoms with Crippen molar-refractivity contribution in [2.75, 3.05) is 58.5 Å². The van der Waals surface area contributed by atoms with Gasteiger partial charge in [0.15, 0.2) is 5.82 Å². The summed E-state index contributed by atoms with van der Waals surface area (Å²) in [7, 11) is 3.82. The standard InChI is InChI=1S/C36H38F2N4O4/c1-4-25-29(37)11-8-22-17-23(43)18-28(31(22)25)26-9-10-27-33(32(26)38)39-35(40-34(27)42-15-16-45-20-24(19-42)44-3)46-21-36-12-5-7-30(36)41(2)14-6-13-36/h1,8-11,17-18,24,30,43H,5-7,12-16,19-21H2,2-3H3. The number of hydrogen-bond acceptors (Lipinski definition) is 8. The largest absolute Gasteiger partial charge is 0.508 e. The number of hydrogen-bond donors (Lipinski definition) is 1. The number of ether oxygens (including phenoxy) is 3. The molecule has 240 valence electrons. The van der Waals surface area contributed by atoms with E-state index in [4.69, 9.17) is 25.6 Å². The van der Waals surface area contributed by atoms with Gasteiger partial charge in [-0.15, -0.1) is 6.42 Å². The number of anilines is 1. The average Bonchev–Trinajstić information content (AvgIpc) is 3.35. The van der Waals surface area contributed by atoms with E-state index >= 15 is 4.39 Å². The predicted molar refractivity (Wildman–Crippen MR) is 173 cm³/mol. The number of likely N-dealkylation sites (tertiary alicyclic amines) is 1. The van der Waals surface area contributed by atoms with Crippen LogP contribution in [0.5, 0.6) is 11.8 Å². The molecule has 7 rings (SSSR count). The zero-order valence-corrected chi connectivity index (χ0v) is 26.2. The van der Waals surface area contributed by atoms with Gasteiger partial charge in [-0.3, -0.25) is 0 Å². The monoisotopic (exact) mass is 628 g/mol. The molecule has 46 heavy (non-hydrogen) atoms. The minimum atomic E-state index is -0.645. The van der Waals surface area contributed by atoms with Crippen molar-refractivity contribution in [3.63, 3.8) is 0 Å². The van der Waals surface area contributed by atoms with Crippen LogP contribution in [-0.2, 0) is 9.47 Å². The Hall–Kier alpha value is -4.04. The maximum absolute atomic E-state index is 16.9. The molecule has 3 fully saturated rings. The molecule has 0 radical (unpaired) electrons. The lowest BCUT2D eigenvalue weighted by molar-refractivity contribution is 0.0133. The molecule has 0 spiro atoms. The fraction of sp³-hybridized carbons (Fsp3) is 0.444. The molecule has 1 aromatic heterocycles. The van der Waals surface area contributed by atoms with Crippen LogP contribution >= 0.6 is 0 Å². The van der Waals surface area contributed by atoms with Crippen molar-refractivity contribution in [1.29, 1.82) is 0 Å². The van der Waals surface area contributed by atoms with Gasteiger partial charge >= 0.3 is 6.01 Å². The molecule has 3 unspecified atom stereocenters. The molecule has 0 amide bonds. The number of phenolic OH excluding ortho intramolecular Hbond substituents is 1. The SMILES string of the molecule is C#Cc1c(F)ccc2cc(O)cc(-c3ccc4c(N5CCOCC(OC)C5)nc(OCC56CCCC5N(C)CCC6)nc4c3F)c12. The van der Waals surface area contributed by atoms with E-state index in [9.17, 15) is 9.50 Å². The lowest BCUT2D eigenvalue weighted by Gasteiger charge is -2.44. The molecule has 3 aliphatic rings. The average molecular weight is 629 g/mol. The van der Waals surface area contributed by atoms with E-state index in [2.05, 4.69) is 22.9 Å². The third-order valence-corrected chi connectivity index (χ3v) is 10.2. The number of rotatable bonds is 6. The van der Waals surface area contributed by atoms with E-state index in [0.29, 0.717) is 60.9 Å². The van der Waals surface area contributed by atoms with Gasteiger partial charge in [0.05, 0.1) is 31.5 Å². The topological polar surface area (TPSA) is 80.2 Å². The van der Waals surface area contributed by atoms with Gasteiger partial charge < -0.3 is 29.1 Å². The molecule has 0 bridgehead atoms. The van der Waals surface area contributed by atoms with Gasteiger partial charge in [-0.05, 0) is 74.5 Å². The summed E-state index contributed by atoms with van der Waals surface area (Å²) in [4.78, 5) is 14.0. The molecule has 8 nitrogen and oxygen atoms in total. The third-order valence-electron chi connectivity index (χ3n) is 10.2. The lowest BCUT2D eigenvalue weighted by atomic mass is 9.76. The molecule has 3 aromatic carbocycles. The second-order valence-electron chi connectivity index (χ2n) is 12.8. The van der Waals surface area contributed by atoms with Gasteiger partial charge in [0.25, 0.3) is 0 Å². The van der Waals surface area contributed by atoms with Crippen molar-refractivity contribution < 1.29 is 28.1 Å². The number of benzene rings is 3. The van der Waals surface area contributed by atoms with Crippen LogP contribution in [0.25, 0.3) is 32.8 Å². The van der Waals surface area contributed by atoms with Crippen molar-refractivity contribution in [2.45, 2.75) is 44.2 Å². The number of nitrogens with zero attached hydrogens (tertiary/aromatic N) is 4. The number of aromatic nitrogens is 2. The number of aromatic hydroxyl groups is 1. The minimum Gasteiger partial charge on any atom is -0.508 e. The van der Waals surface area contributed by atoms with Crippen LogP contribution in [0.2, 0.25) is 0 Å². The summed E-state index contributed by atoms with van der Waals surface area (Å²) in [5.41, 5.74) is 0.457. The molecule has 1 saturated carbocycles. The first-order valence-electron chi connectivity index (χ1n) is 15.9. The molecule has 4 aromatic rings. The Morgan fingerprint density at radius 1 is 1.11 bits per heavy atom. The summed E-state index contributed by atoms with van der Waals surface area (Å²) in [6.45, 7) is 3.42. The Kier molecular flexibility index (Phi) is 8.17. The number of piperidine rings is 1. The highest BCUT2D eigenvalue weighted by atomic mass is 19.1. The smallest absolute Gasteiger partial charge is 0.319 e. The summed E-state index contributed by atoms with van der Waals surface area (Å²) >= 11 is 0. The Morgan fingerprint density at radius 3 is 2.78 bits per heavy atom. The zero-order valence-electron chi connectivity index (χ0n) is 26.2. The van der Waals surface area contributed by atoms with Crippen molar-refractivity contribution in [2.24, 2.45) is 5.41 Å². The first-order valence-corrected chi connectivity index (χ1v) is 15.9. The Balaban J connectivity index is 1.38. The quantitative estimate of drug-likeness (QED) is 0.264. The van der Waals surface area contributed by atoms with E-state index in [1.54, 1.807) is 19.2 Å². The molecule has 3 atom stereocenters. The number of terminal acetylenes is 1. The minimum absolute atomic E-state index is 0.000355. The second kappa shape index (κ2) is 12.3. The van der Waals surface area contributed by atoms with Crippen LogP contribution in [0.15, 0.2) is 36.4 Å². The first kappa shape index (κ1) is 30.6. The van der Waals surface area contributed by atoms with Crippen LogP contribution in [-0.4, -0.2) is 85.7 Å². The van der Waals surface area contributed by atoms with Crippen LogP contribution in [0, 0.1) is 29.4 Å². The van der Waals surface area contributed by atoms with Gasteiger partial charge in [-0.1, -0.05) is 24.5 Å². The van der Waals surface area contributed by atoms with E-state index in [1.807, 2.05) is 4.90 Å². The molecule has 3 heterocycles. The highest BCUT2D eigenvalue weighted by Crippen LogP contribution is 2.47. The second-order valence-corrected chi connectivity index (χ2v) is 12.8. The lowest BCUT2D eigenvalue weighted by Crippen LogP contribution is -2.50. The van der Waals surface area contributed by atoms with Crippen molar-refractivity contribution in [3.8, 4) is 35.2 Å². The van der Waals surface area contributed by atoms with Gasteiger partial charge in [-0.2, -0.15) is 9.97 Å². The van der Waals surface area contributed by atoms with E-state index in [1.165, 1.54) is 24.3 Å². The summed E-state index contributed by atoms with van der Waals surface area (Å²) in [6, 6.07) is 9.54. The number of methoxy groups -OCH3 is 1. The molecule has 10 heteroatoms. The third kappa shape index (κ3) is 5.30. The number of halogens is 2. The first-order chi connectivity index (χ1) is 22.3. The number of fused-ring (bicyclic) bond motifs is 3. The molecular formula is C36H38F2N4O4. The Labute approximate surface area is 267 Å². The van der Waals surface area contributed by atoms with E-state index in [0.717, 1.165) is 38.6 Å². The Bertz CT molecular complexity index is 1850. The predicted octanol–water partition coefficient (Wildman–Crippen LogP) is 5.91. The van der Waals surface area contributed by atoms with Gasteiger partial charge in [-0.25, -0.2) is 8.78 Å². The van der Waals surface area contributed by atoms with Crippen molar-refractivity contribution in [3.05, 3.63) is 53.6 Å². The van der Waals surface area contributed by atoms with E-state index in [-0.39, 0.29) is 45.5 Å². The molecule has 2 aliphatic heterocycles. The van der Waals surface area contributed by atoms with Gasteiger partial charge in [0, 0.05) is 48.0 Å². The van der Waals surface area contributed by atoms with Crippen molar-refractivity contribution in [1.82, 2.24) is 14.9 Å². The molecule has 2 saturated heterocycles. The highest BCUT2D eigenvalue weighted by Gasteiger charge is 2.47. The van der Waals surface area contributed by atoms with E-state index < -0.39 is 11.6 Å². The normalized spacial score (nSPS) is 23.8. The highest BCUT2D eigenvalue weighted by molar-refractivity contribution is 6.04. The number of phenols is 1. The summed E-state index contributed by atoms with van der Waals surface area (Å²) in [5.74, 6) is 1.60. The van der Waals surface area contributed by atoms with Crippen LogP contribution in [0.1, 0.15) is 37.7 Å². The van der Waals surface area contributed by atoms with Gasteiger partial charge in [0.1, 0.15) is 22.9 Å². The summed E-state index contributed by atoms with van der Waals surface area (Å²) < 4.78 is 49.6. The zero-order chi connectivity index (χ0) is 32.0.